The number of benzene rings is 2. The molecule has 0 saturated heterocycles. The molecule has 6 N–H and O–H groups in total. The SMILES string of the molecule is O=C(NCS(=O)(=O)[O-])Nc1ccc(C(F)(F)F)cc1.O=C(NCS(=O)(=O)[O-])Nc1ccc(C(F)(F)F)cc1.c1cc[nH+]cc1.c1cc[nH+]cc1. The normalized spacial score (nSPS) is 11.0. The zero-order valence-corrected chi connectivity index (χ0v) is 26.8. The van der Waals surface area contributed by atoms with Crippen LogP contribution in [0.4, 0.5) is 47.3 Å². The Hall–Kier alpha value is -5.32. The summed E-state index contributed by atoms with van der Waals surface area (Å²) in [5.74, 6) is -2.22. The molecule has 22 heteroatoms. The summed E-state index contributed by atoms with van der Waals surface area (Å²) in [4.78, 5) is 28.0. The van der Waals surface area contributed by atoms with Gasteiger partial charge in [-0.05, 0) is 48.5 Å². The summed E-state index contributed by atoms with van der Waals surface area (Å²) in [5.41, 5.74) is -1.73. The third kappa shape index (κ3) is 21.5. The minimum absolute atomic E-state index is 0.0220. The van der Waals surface area contributed by atoms with Crippen molar-refractivity contribution >= 4 is 43.7 Å². The number of hydrogen-bond donors (Lipinski definition) is 4. The molecule has 0 spiro atoms. The van der Waals surface area contributed by atoms with Crippen molar-refractivity contribution in [1.82, 2.24) is 10.6 Å². The van der Waals surface area contributed by atoms with E-state index in [9.17, 15) is 61.9 Å². The lowest BCUT2D eigenvalue weighted by molar-refractivity contribution is -0.378. The highest BCUT2D eigenvalue weighted by molar-refractivity contribution is 7.85. The number of pyridine rings is 2. The number of nitrogens with one attached hydrogen (secondary N) is 6. The van der Waals surface area contributed by atoms with Gasteiger partial charge in [-0.25, -0.2) is 36.4 Å². The molecule has 0 aliphatic heterocycles. The molecule has 272 valence electrons. The fourth-order valence-electron chi connectivity index (χ4n) is 2.83. The Balaban J connectivity index is 0.000000375. The standard InChI is InChI=1S/2C9H9F3N2O4S.2C5H5N/c2*10-9(11,12)6-1-3-7(4-2-6)14-8(15)13-5-19(16,17)18;2*1-2-4-6-5-3-1/h2*1-4H,5H2,(H2,13,14,15)(H,16,17,18);2*1-5H. The summed E-state index contributed by atoms with van der Waals surface area (Å²) < 4.78 is 135. The molecule has 4 amide bonds. The first-order valence-corrected chi connectivity index (χ1v) is 16.4. The van der Waals surface area contributed by atoms with Crippen LogP contribution in [0, 0.1) is 0 Å². The fraction of sp³-hybridized carbons (Fsp3) is 0.143. The van der Waals surface area contributed by atoms with E-state index in [0.29, 0.717) is 0 Å². The predicted molar refractivity (Wildman–Crippen MR) is 162 cm³/mol. The lowest BCUT2D eigenvalue weighted by atomic mass is 10.2. The van der Waals surface area contributed by atoms with E-state index in [1.807, 2.05) is 61.2 Å². The molecule has 2 aromatic heterocycles. The van der Waals surface area contributed by atoms with E-state index in [1.165, 1.54) is 0 Å². The van der Waals surface area contributed by atoms with Gasteiger partial charge in [0.25, 0.3) is 0 Å². The van der Waals surface area contributed by atoms with Crippen molar-refractivity contribution in [2.45, 2.75) is 12.4 Å². The molecule has 4 aromatic rings. The number of rotatable bonds is 6. The molecule has 0 atom stereocenters. The van der Waals surface area contributed by atoms with Gasteiger partial charge in [0, 0.05) is 35.6 Å². The van der Waals surface area contributed by atoms with E-state index in [2.05, 4.69) is 20.6 Å². The second kappa shape index (κ2) is 20.3. The van der Waals surface area contributed by atoms with E-state index in [1.54, 1.807) is 10.6 Å². The van der Waals surface area contributed by atoms with Crippen molar-refractivity contribution in [2.75, 3.05) is 22.4 Å². The van der Waals surface area contributed by atoms with Gasteiger partial charge in [-0.1, -0.05) is 12.1 Å². The highest BCUT2D eigenvalue weighted by Crippen LogP contribution is 2.30. The van der Waals surface area contributed by atoms with E-state index in [-0.39, 0.29) is 11.4 Å². The number of urea groups is 2. The molecule has 0 fully saturated rings. The van der Waals surface area contributed by atoms with Crippen LogP contribution in [0.1, 0.15) is 11.1 Å². The van der Waals surface area contributed by atoms with Gasteiger partial charge in [0.15, 0.2) is 24.8 Å². The van der Waals surface area contributed by atoms with Crippen molar-refractivity contribution < 1.29 is 71.8 Å². The van der Waals surface area contributed by atoms with Crippen LogP contribution in [-0.4, -0.2) is 49.8 Å². The molecule has 0 bridgehead atoms. The zero-order valence-electron chi connectivity index (χ0n) is 25.2. The van der Waals surface area contributed by atoms with Gasteiger partial charge in [-0.3, -0.25) is 0 Å². The van der Waals surface area contributed by atoms with E-state index < -0.39 is 67.5 Å². The second-order valence-corrected chi connectivity index (χ2v) is 11.8. The number of anilines is 2. The predicted octanol–water partition coefficient (Wildman–Crippen LogP) is 3.66. The molecule has 50 heavy (non-hydrogen) atoms. The quantitative estimate of drug-likeness (QED) is 0.168. The molecular formula is C28H28F6N6O8S2. The Labute approximate surface area is 281 Å². The zero-order chi connectivity index (χ0) is 37.8. The average Bonchev–Trinajstić information content (AvgIpc) is 3.04. The number of alkyl halides is 6. The molecule has 2 aromatic carbocycles. The molecule has 0 aliphatic rings. The van der Waals surface area contributed by atoms with E-state index >= 15 is 0 Å². The number of hydrogen-bond acceptors (Lipinski definition) is 8. The van der Waals surface area contributed by atoms with Crippen LogP contribution < -0.4 is 31.2 Å². The Morgan fingerprint density at radius 1 is 0.540 bits per heavy atom. The first-order chi connectivity index (χ1) is 23.2. The number of carbonyl (C=O) groups is 2. The van der Waals surface area contributed by atoms with Crippen LogP contribution in [0.25, 0.3) is 0 Å². The summed E-state index contributed by atoms with van der Waals surface area (Å²) in [6.45, 7) is 0. The molecule has 14 nitrogen and oxygen atoms in total. The topological polar surface area (TPSA) is 225 Å². The highest BCUT2D eigenvalue weighted by Gasteiger charge is 2.30. The van der Waals surface area contributed by atoms with Crippen LogP contribution >= 0.6 is 0 Å². The first-order valence-electron chi connectivity index (χ1n) is 13.3. The van der Waals surface area contributed by atoms with Gasteiger partial charge in [0.05, 0.1) is 11.1 Å². The largest absolute Gasteiger partial charge is 0.747 e. The summed E-state index contributed by atoms with van der Waals surface area (Å²) in [6.07, 6.45) is -1.48. The average molecular weight is 755 g/mol. The van der Waals surface area contributed by atoms with Crippen molar-refractivity contribution in [3.8, 4) is 0 Å². The maximum atomic E-state index is 12.2. The van der Waals surface area contributed by atoms with Crippen molar-refractivity contribution in [1.29, 1.82) is 0 Å². The molecule has 0 radical (unpaired) electrons. The Morgan fingerprint density at radius 3 is 1.00 bits per heavy atom. The number of carbonyl (C=O) groups excluding carboxylic acids is 2. The van der Waals surface area contributed by atoms with Gasteiger partial charge in [0.2, 0.25) is 0 Å². The van der Waals surface area contributed by atoms with Crippen LogP contribution in [0.3, 0.4) is 0 Å². The van der Waals surface area contributed by atoms with Gasteiger partial charge in [0.1, 0.15) is 32.0 Å². The van der Waals surface area contributed by atoms with Crippen LogP contribution in [0.2, 0.25) is 0 Å². The summed E-state index contributed by atoms with van der Waals surface area (Å²) in [5, 5.41) is 7.63. The summed E-state index contributed by atoms with van der Waals surface area (Å²) in [7, 11) is -9.22. The molecule has 0 unspecified atom stereocenters. The second-order valence-electron chi connectivity index (χ2n) is 8.97. The Bertz CT molecular complexity index is 1610. The van der Waals surface area contributed by atoms with Gasteiger partial charge in [-0.2, -0.15) is 26.3 Å². The van der Waals surface area contributed by atoms with Crippen LogP contribution in [-0.2, 0) is 32.6 Å². The molecule has 4 rings (SSSR count). The monoisotopic (exact) mass is 754 g/mol. The lowest BCUT2D eigenvalue weighted by Gasteiger charge is -2.11. The molecule has 0 saturated carbocycles. The minimum Gasteiger partial charge on any atom is -0.747 e. The van der Waals surface area contributed by atoms with Gasteiger partial charge in [-0.15, -0.1) is 0 Å². The summed E-state index contributed by atoms with van der Waals surface area (Å²) >= 11 is 0. The van der Waals surface area contributed by atoms with Crippen molar-refractivity contribution in [3.05, 3.63) is 121 Å². The molecule has 0 aliphatic carbocycles. The van der Waals surface area contributed by atoms with Gasteiger partial charge < -0.3 is 30.4 Å². The van der Waals surface area contributed by atoms with Crippen LogP contribution in [0.5, 0.6) is 0 Å². The highest BCUT2D eigenvalue weighted by atomic mass is 32.2. The number of aromatic amines is 2. The van der Waals surface area contributed by atoms with Crippen LogP contribution in [0.15, 0.2) is 110 Å². The molecular weight excluding hydrogens is 726 g/mol. The Kier molecular flexibility index (Phi) is 17.3. The third-order valence-corrected chi connectivity index (χ3v) is 5.97. The number of aromatic nitrogens is 2. The maximum Gasteiger partial charge on any atom is 0.416 e. The number of halogens is 6. The fourth-order valence-corrected chi connectivity index (χ4v) is 3.44. The van der Waals surface area contributed by atoms with Crippen molar-refractivity contribution in [2.24, 2.45) is 0 Å². The van der Waals surface area contributed by atoms with E-state index in [4.69, 9.17) is 0 Å². The first kappa shape index (κ1) is 42.7. The van der Waals surface area contributed by atoms with Gasteiger partial charge >= 0.3 is 24.4 Å². The minimum atomic E-state index is -4.61. The third-order valence-electron chi connectivity index (χ3n) is 4.97. The Morgan fingerprint density at radius 2 is 0.820 bits per heavy atom. The maximum absolute atomic E-state index is 12.2. The smallest absolute Gasteiger partial charge is 0.416 e. The molecule has 2 heterocycles. The summed E-state index contributed by atoms with van der Waals surface area (Å²) in [6, 6.07) is 16.7. The number of amides is 4. The van der Waals surface area contributed by atoms with E-state index in [0.717, 1.165) is 48.5 Å². The lowest BCUT2D eigenvalue weighted by Crippen LogP contribution is -2.33. The van der Waals surface area contributed by atoms with Crippen molar-refractivity contribution in [3.63, 3.8) is 0 Å². The number of H-pyrrole nitrogens is 2.